The van der Waals surface area contributed by atoms with Crippen LogP contribution in [-0.2, 0) is 32.6 Å². The van der Waals surface area contributed by atoms with E-state index in [9.17, 15) is 0 Å². The van der Waals surface area contributed by atoms with Crippen molar-refractivity contribution < 1.29 is 51.0 Å². The van der Waals surface area contributed by atoms with E-state index in [1.807, 2.05) is 0 Å². The molecule has 3 heteroatoms. The van der Waals surface area contributed by atoms with Crippen LogP contribution in [0.5, 0.6) is 0 Å². The zero-order chi connectivity index (χ0) is 7.56. The van der Waals surface area contributed by atoms with Crippen LogP contribution in [0.3, 0.4) is 0 Å². The molecule has 0 nitrogen and oxygen atoms in total. The zero-order valence-electron chi connectivity index (χ0n) is 8.27. The molecule has 13 heavy (non-hydrogen) atoms. The van der Waals surface area contributed by atoms with Gasteiger partial charge < -0.3 is 24.8 Å². The van der Waals surface area contributed by atoms with E-state index in [1.54, 1.807) is 0 Å². The van der Waals surface area contributed by atoms with Crippen molar-refractivity contribution in [2.75, 3.05) is 0 Å². The van der Waals surface area contributed by atoms with E-state index in [4.69, 9.17) is 0 Å². The van der Waals surface area contributed by atoms with Crippen LogP contribution in [0.2, 0.25) is 0 Å². The van der Waals surface area contributed by atoms with Crippen LogP contribution in [-0.4, -0.2) is 0 Å². The molecule has 0 aliphatic heterocycles. The Morgan fingerprint density at radius 2 is 1.85 bits per heavy atom. The first-order valence-corrected chi connectivity index (χ1v) is 3.90. The average Bonchev–Trinajstić information content (AvgIpc) is 2.13. The number of hydrogen-bond acceptors (Lipinski definition) is 0. The molecule has 1 aromatic rings. The fourth-order valence-electron chi connectivity index (χ4n) is 1.23. The maximum atomic E-state index is 2.26. The van der Waals surface area contributed by atoms with Crippen molar-refractivity contribution in [3.05, 3.63) is 29.3 Å². The Morgan fingerprint density at radius 3 is 2.15 bits per heavy atom. The molecular weight excluding hydrogens is 282 g/mol. The molecule has 0 saturated heterocycles. The molecule has 0 fully saturated rings. The molecule has 0 unspecified atom stereocenters. The van der Waals surface area contributed by atoms with Crippen LogP contribution in [0, 0.1) is 12.8 Å². The Kier molecular flexibility index (Phi) is 14.0. The van der Waals surface area contributed by atoms with E-state index in [-0.39, 0.29) is 51.0 Å². The van der Waals surface area contributed by atoms with Crippen LogP contribution in [0.25, 0.3) is 0 Å². The summed E-state index contributed by atoms with van der Waals surface area (Å²) in [6, 6.07) is 6.66. The Hall–Kier alpha value is 0.813. The van der Waals surface area contributed by atoms with Gasteiger partial charge in [0, 0.05) is 0 Å². The third kappa shape index (κ3) is 7.85. The standard InChI is InChI=1S/C10H15.2ClH.Zr/c1-8(2)6-10-5-4-9(3)7-10;;;/h4-5,7-8H,6H2,1-3H3;2*1H;/q-1;;;+3/p-2. The van der Waals surface area contributed by atoms with Crippen molar-refractivity contribution >= 4 is 0 Å². The molecule has 0 heterocycles. The maximum absolute atomic E-state index is 2.26. The summed E-state index contributed by atoms with van der Waals surface area (Å²) >= 11 is 0. The van der Waals surface area contributed by atoms with Gasteiger partial charge in [-0.15, -0.1) is 0 Å². The second kappa shape index (κ2) is 9.37. The van der Waals surface area contributed by atoms with Crippen molar-refractivity contribution in [1.29, 1.82) is 0 Å². The quantitative estimate of drug-likeness (QED) is 0.508. The van der Waals surface area contributed by atoms with E-state index in [2.05, 4.69) is 39.0 Å². The molecule has 0 aliphatic carbocycles. The Bertz CT molecular complexity index is 206. The zero-order valence-corrected chi connectivity index (χ0v) is 12.2. The normalized spacial score (nSPS) is 8.31. The van der Waals surface area contributed by atoms with Gasteiger partial charge in [0.15, 0.2) is 0 Å². The van der Waals surface area contributed by atoms with Crippen LogP contribution in [0.4, 0.5) is 0 Å². The van der Waals surface area contributed by atoms with E-state index in [0.717, 1.165) is 5.92 Å². The van der Waals surface area contributed by atoms with Gasteiger partial charge >= 0.3 is 26.2 Å². The van der Waals surface area contributed by atoms with Crippen molar-refractivity contribution in [3.63, 3.8) is 0 Å². The topological polar surface area (TPSA) is 0 Å². The van der Waals surface area contributed by atoms with Crippen molar-refractivity contribution in [2.24, 2.45) is 5.92 Å². The fourth-order valence-corrected chi connectivity index (χ4v) is 1.23. The molecule has 1 aromatic carbocycles. The second-order valence-corrected chi connectivity index (χ2v) is 3.39. The average molecular weight is 297 g/mol. The minimum atomic E-state index is 0. The van der Waals surface area contributed by atoms with Gasteiger partial charge in [0.2, 0.25) is 0 Å². The van der Waals surface area contributed by atoms with Gasteiger partial charge in [-0.1, -0.05) is 33.1 Å². The van der Waals surface area contributed by atoms with Crippen LogP contribution < -0.4 is 24.8 Å². The first-order chi connectivity index (χ1) is 4.68. The summed E-state index contributed by atoms with van der Waals surface area (Å²) < 4.78 is 0. The second-order valence-electron chi connectivity index (χ2n) is 3.39. The Morgan fingerprint density at radius 1 is 1.31 bits per heavy atom. The monoisotopic (exact) mass is 295 g/mol. The summed E-state index contributed by atoms with van der Waals surface area (Å²) in [6.45, 7) is 6.65. The van der Waals surface area contributed by atoms with Gasteiger partial charge in [-0.3, -0.25) is 0 Å². The summed E-state index contributed by atoms with van der Waals surface area (Å²) in [4.78, 5) is 0. The molecule has 0 atom stereocenters. The van der Waals surface area contributed by atoms with E-state index < -0.39 is 0 Å². The van der Waals surface area contributed by atoms with Crippen LogP contribution >= 0.6 is 0 Å². The molecule has 1 radical (unpaired) electrons. The van der Waals surface area contributed by atoms with Crippen LogP contribution in [0.15, 0.2) is 18.2 Å². The largest absolute Gasteiger partial charge is 3.00 e. The predicted octanol–water partition coefficient (Wildman–Crippen LogP) is -3.08. The Balaban J connectivity index is -0.000000333. The van der Waals surface area contributed by atoms with Crippen molar-refractivity contribution in [2.45, 2.75) is 27.2 Å². The molecule has 0 saturated carbocycles. The van der Waals surface area contributed by atoms with Crippen LogP contribution in [0.1, 0.15) is 25.0 Å². The molecule has 73 valence electrons. The fraction of sp³-hybridized carbons (Fsp3) is 0.500. The van der Waals surface area contributed by atoms with Gasteiger partial charge in [-0.05, 0) is 0 Å². The maximum Gasteiger partial charge on any atom is 3.00 e. The van der Waals surface area contributed by atoms with E-state index in [1.165, 1.54) is 17.5 Å². The van der Waals surface area contributed by atoms with Gasteiger partial charge in [0.1, 0.15) is 0 Å². The summed E-state index contributed by atoms with van der Waals surface area (Å²) in [7, 11) is 0. The van der Waals surface area contributed by atoms with Gasteiger partial charge in [0.05, 0.1) is 0 Å². The first kappa shape index (κ1) is 19.4. The first-order valence-electron chi connectivity index (χ1n) is 3.90. The summed E-state index contributed by atoms with van der Waals surface area (Å²) in [5, 5.41) is 0. The van der Waals surface area contributed by atoms with E-state index >= 15 is 0 Å². The molecule has 0 spiro atoms. The summed E-state index contributed by atoms with van der Waals surface area (Å²) in [6.07, 6.45) is 1.22. The van der Waals surface area contributed by atoms with Gasteiger partial charge in [0.25, 0.3) is 0 Å². The molecule has 0 amide bonds. The molecule has 0 aromatic heterocycles. The summed E-state index contributed by atoms with van der Waals surface area (Å²) in [5.41, 5.74) is 2.86. The third-order valence-corrected chi connectivity index (χ3v) is 1.62. The molecule has 0 N–H and O–H groups in total. The molecular formula is C10H15Cl2Zr. The molecule has 0 bridgehead atoms. The summed E-state index contributed by atoms with van der Waals surface area (Å²) in [5.74, 6) is 0.779. The van der Waals surface area contributed by atoms with E-state index in [0.29, 0.717) is 0 Å². The SMILES string of the molecule is Cc1cc[c-](CC(C)C)c1.[Cl-].[Cl-].[Zr+3]. The van der Waals surface area contributed by atoms with Gasteiger partial charge in [-0.25, -0.2) is 11.6 Å². The predicted molar refractivity (Wildman–Crippen MR) is 45.3 cm³/mol. The minimum absolute atomic E-state index is 0. The van der Waals surface area contributed by atoms with Crippen molar-refractivity contribution in [3.8, 4) is 0 Å². The number of aryl methyl sites for hydroxylation is 1. The minimum Gasteiger partial charge on any atom is -1.00 e. The Labute approximate surface area is 113 Å². The number of halogens is 2. The number of hydrogen-bond donors (Lipinski definition) is 0. The smallest absolute Gasteiger partial charge is 1.00 e. The van der Waals surface area contributed by atoms with Crippen molar-refractivity contribution in [1.82, 2.24) is 0 Å². The molecule has 1 rings (SSSR count). The third-order valence-electron chi connectivity index (χ3n) is 1.62. The molecule has 0 aliphatic rings. The van der Waals surface area contributed by atoms with Gasteiger partial charge in [-0.2, -0.15) is 17.7 Å². The number of rotatable bonds is 2.